The van der Waals surface area contributed by atoms with E-state index in [9.17, 15) is 0 Å². The Balaban J connectivity index is 1.97. The van der Waals surface area contributed by atoms with Crippen molar-refractivity contribution in [3.63, 3.8) is 0 Å². The Morgan fingerprint density at radius 2 is 2.26 bits per heavy atom. The van der Waals surface area contributed by atoms with Gasteiger partial charge in [0.15, 0.2) is 0 Å². The molecule has 0 aromatic carbocycles. The van der Waals surface area contributed by atoms with Crippen LogP contribution >= 0.6 is 0 Å². The Labute approximate surface area is 117 Å². The molecular weight excluding hydrogens is 234 g/mol. The van der Waals surface area contributed by atoms with Crippen molar-refractivity contribution in [3.8, 4) is 0 Å². The van der Waals surface area contributed by atoms with Crippen LogP contribution in [0.3, 0.4) is 0 Å². The number of aromatic nitrogens is 1. The molecule has 0 spiro atoms. The van der Waals surface area contributed by atoms with Crippen LogP contribution < -0.4 is 10.6 Å². The number of rotatable bonds is 5. The van der Waals surface area contributed by atoms with E-state index in [0.717, 1.165) is 37.7 Å². The number of hydrogen-bond donors (Lipinski definition) is 1. The number of nitrogens with two attached hydrogens (primary N) is 1. The lowest BCUT2D eigenvalue weighted by Gasteiger charge is -2.33. The summed E-state index contributed by atoms with van der Waals surface area (Å²) in [6.07, 6.45) is 7.90. The van der Waals surface area contributed by atoms with E-state index < -0.39 is 0 Å². The lowest BCUT2D eigenvalue weighted by Crippen LogP contribution is -2.35. The van der Waals surface area contributed by atoms with Crippen LogP contribution in [0.5, 0.6) is 0 Å². The molecule has 1 aliphatic heterocycles. The maximum atomic E-state index is 5.98. The third-order valence-corrected chi connectivity index (χ3v) is 4.25. The molecule has 106 valence electrons. The zero-order chi connectivity index (χ0) is 13.7. The lowest BCUT2D eigenvalue weighted by molar-refractivity contribution is 0.403. The van der Waals surface area contributed by atoms with Crippen LogP contribution in [0.1, 0.15) is 45.1 Å². The molecule has 2 rings (SSSR count). The van der Waals surface area contributed by atoms with Gasteiger partial charge in [0.1, 0.15) is 5.82 Å². The molecule has 0 amide bonds. The summed E-state index contributed by atoms with van der Waals surface area (Å²) >= 11 is 0. The summed E-state index contributed by atoms with van der Waals surface area (Å²) in [6, 6.07) is 4.61. The molecule has 1 aliphatic rings. The van der Waals surface area contributed by atoms with E-state index in [1.54, 1.807) is 0 Å². The van der Waals surface area contributed by atoms with Gasteiger partial charge in [-0.15, -0.1) is 0 Å². The lowest BCUT2D eigenvalue weighted by atomic mass is 9.95. The Hall–Kier alpha value is -1.09. The van der Waals surface area contributed by atoms with E-state index in [1.165, 1.54) is 24.8 Å². The predicted octanol–water partition coefficient (Wildman–Crippen LogP) is 2.99. The molecule has 3 heteroatoms. The molecule has 2 N–H and O–H groups in total. The fourth-order valence-corrected chi connectivity index (χ4v) is 2.78. The van der Waals surface area contributed by atoms with Gasteiger partial charge in [-0.25, -0.2) is 4.98 Å². The van der Waals surface area contributed by atoms with Crippen LogP contribution in [0.4, 0.5) is 5.82 Å². The summed E-state index contributed by atoms with van der Waals surface area (Å²) < 4.78 is 0. The number of pyridine rings is 1. The Bertz CT molecular complexity index is 374. The summed E-state index contributed by atoms with van der Waals surface area (Å²) in [5.74, 6) is 1.97. The Morgan fingerprint density at radius 3 is 2.89 bits per heavy atom. The van der Waals surface area contributed by atoms with Gasteiger partial charge in [-0.1, -0.05) is 26.3 Å². The maximum absolute atomic E-state index is 5.98. The summed E-state index contributed by atoms with van der Waals surface area (Å²) in [5, 5.41) is 0. The third kappa shape index (κ3) is 3.93. The standard InChI is InChI=1S/C16H27N3/c1-3-13-6-5-9-19(12-13)16-8-7-14(11-18-16)10-15(17)4-2/h7-8,11,13,15H,3-6,9-10,12,17H2,1-2H3. The van der Waals surface area contributed by atoms with Gasteiger partial charge in [-0.3, -0.25) is 0 Å². The average molecular weight is 261 g/mol. The zero-order valence-electron chi connectivity index (χ0n) is 12.3. The first-order chi connectivity index (χ1) is 9.22. The summed E-state index contributed by atoms with van der Waals surface area (Å²) in [7, 11) is 0. The van der Waals surface area contributed by atoms with E-state index in [-0.39, 0.29) is 6.04 Å². The highest BCUT2D eigenvalue weighted by Crippen LogP contribution is 2.23. The highest BCUT2D eigenvalue weighted by Gasteiger charge is 2.19. The molecule has 0 aliphatic carbocycles. The van der Waals surface area contributed by atoms with Crippen molar-refractivity contribution < 1.29 is 0 Å². The molecule has 0 bridgehead atoms. The van der Waals surface area contributed by atoms with Gasteiger partial charge >= 0.3 is 0 Å². The quantitative estimate of drug-likeness (QED) is 0.886. The molecule has 1 saturated heterocycles. The van der Waals surface area contributed by atoms with E-state index in [0.29, 0.717) is 0 Å². The summed E-state index contributed by atoms with van der Waals surface area (Å²) in [6.45, 7) is 6.73. The number of piperidine rings is 1. The monoisotopic (exact) mass is 261 g/mol. The van der Waals surface area contributed by atoms with Crippen LogP contribution in [0, 0.1) is 5.92 Å². The molecule has 2 atom stereocenters. The van der Waals surface area contributed by atoms with Crippen LogP contribution in [-0.4, -0.2) is 24.1 Å². The Kier molecular flexibility index (Phi) is 5.20. The van der Waals surface area contributed by atoms with E-state index in [2.05, 4.69) is 35.9 Å². The largest absolute Gasteiger partial charge is 0.356 e. The van der Waals surface area contributed by atoms with E-state index in [1.807, 2.05) is 6.20 Å². The first-order valence-electron chi connectivity index (χ1n) is 7.68. The molecule has 2 heterocycles. The van der Waals surface area contributed by atoms with Gasteiger partial charge in [-0.2, -0.15) is 0 Å². The highest BCUT2D eigenvalue weighted by molar-refractivity contribution is 5.40. The van der Waals surface area contributed by atoms with Crippen LogP contribution in [0.25, 0.3) is 0 Å². The van der Waals surface area contributed by atoms with Gasteiger partial charge in [-0.05, 0) is 43.2 Å². The van der Waals surface area contributed by atoms with Crippen LogP contribution in [0.15, 0.2) is 18.3 Å². The Morgan fingerprint density at radius 1 is 1.42 bits per heavy atom. The molecule has 19 heavy (non-hydrogen) atoms. The first kappa shape index (κ1) is 14.3. The molecule has 1 aromatic rings. The fraction of sp³-hybridized carbons (Fsp3) is 0.688. The van der Waals surface area contributed by atoms with Gasteiger partial charge in [0, 0.05) is 25.3 Å². The molecular formula is C16H27N3. The minimum absolute atomic E-state index is 0.257. The van der Waals surface area contributed by atoms with Crippen molar-refractivity contribution >= 4 is 5.82 Å². The van der Waals surface area contributed by atoms with Crippen molar-refractivity contribution in [2.45, 2.75) is 52.0 Å². The van der Waals surface area contributed by atoms with Gasteiger partial charge in [0.2, 0.25) is 0 Å². The summed E-state index contributed by atoms with van der Waals surface area (Å²) in [4.78, 5) is 7.06. The molecule has 1 fully saturated rings. The first-order valence-corrected chi connectivity index (χ1v) is 7.68. The molecule has 3 nitrogen and oxygen atoms in total. The van der Waals surface area contributed by atoms with Crippen molar-refractivity contribution in [2.75, 3.05) is 18.0 Å². The minimum Gasteiger partial charge on any atom is -0.356 e. The van der Waals surface area contributed by atoms with Crippen molar-refractivity contribution in [2.24, 2.45) is 11.7 Å². The number of hydrogen-bond acceptors (Lipinski definition) is 3. The molecule has 2 unspecified atom stereocenters. The molecule has 0 radical (unpaired) electrons. The van der Waals surface area contributed by atoms with E-state index >= 15 is 0 Å². The normalized spacial score (nSPS) is 21.4. The third-order valence-electron chi connectivity index (χ3n) is 4.25. The minimum atomic E-state index is 0.257. The van der Waals surface area contributed by atoms with Crippen LogP contribution in [0.2, 0.25) is 0 Å². The van der Waals surface area contributed by atoms with Crippen molar-refractivity contribution in [3.05, 3.63) is 23.9 Å². The van der Waals surface area contributed by atoms with Gasteiger partial charge < -0.3 is 10.6 Å². The van der Waals surface area contributed by atoms with Crippen molar-refractivity contribution in [1.82, 2.24) is 4.98 Å². The maximum Gasteiger partial charge on any atom is 0.128 e. The summed E-state index contributed by atoms with van der Waals surface area (Å²) in [5.41, 5.74) is 7.24. The predicted molar refractivity (Wildman–Crippen MR) is 81.4 cm³/mol. The number of anilines is 1. The molecule has 1 aromatic heterocycles. The zero-order valence-corrected chi connectivity index (χ0v) is 12.3. The highest BCUT2D eigenvalue weighted by atomic mass is 15.2. The topological polar surface area (TPSA) is 42.1 Å². The second-order valence-electron chi connectivity index (χ2n) is 5.76. The molecule has 0 saturated carbocycles. The SMILES string of the molecule is CCC(N)Cc1ccc(N2CCCC(CC)C2)nc1. The van der Waals surface area contributed by atoms with E-state index in [4.69, 9.17) is 5.73 Å². The fourth-order valence-electron chi connectivity index (χ4n) is 2.78. The second-order valence-corrected chi connectivity index (χ2v) is 5.76. The van der Waals surface area contributed by atoms with Gasteiger partial charge in [0.05, 0.1) is 0 Å². The van der Waals surface area contributed by atoms with Gasteiger partial charge in [0.25, 0.3) is 0 Å². The van der Waals surface area contributed by atoms with Crippen molar-refractivity contribution in [1.29, 1.82) is 0 Å². The van der Waals surface area contributed by atoms with Crippen LogP contribution in [-0.2, 0) is 6.42 Å². The number of nitrogens with zero attached hydrogens (tertiary/aromatic N) is 2. The second kappa shape index (κ2) is 6.90. The average Bonchev–Trinajstić information content (AvgIpc) is 2.48. The smallest absolute Gasteiger partial charge is 0.128 e.